The number of hydrogen-bond donors (Lipinski definition) is 2. The van der Waals surface area contributed by atoms with Gasteiger partial charge >= 0.3 is 0 Å². The summed E-state index contributed by atoms with van der Waals surface area (Å²) in [6, 6.07) is 8.92. The fraction of sp³-hybridized carbons (Fsp3) is 0.682. The fourth-order valence-electron chi connectivity index (χ4n) is 3.13. The molecule has 0 bridgehead atoms. The minimum atomic E-state index is 0. The number of ether oxygens (including phenoxy) is 1. The van der Waals surface area contributed by atoms with Crippen molar-refractivity contribution in [1.82, 2.24) is 20.4 Å². The predicted octanol–water partition coefficient (Wildman–Crippen LogP) is 2.78. The standard InChI is InChI=1S/C22H39N5O.HI/c1-19(2)18-28-15-5-10-24-22(23-3)25-16-20-6-8-21(9-7-20)17-27-13-11-26(4)12-14-27;/h6-9,19H,5,10-18H2,1-4H3,(H2,23,24,25);1H. The number of nitrogens with zero attached hydrogens (tertiary/aromatic N) is 3. The van der Waals surface area contributed by atoms with E-state index in [0.717, 1.165) is 71.4 Å². The largest absolute Gasteiger partial charge is 0.381 e. The van der Waals surface area contributed by atoms with Crippen molar-refractivity contribution in [2.24, 2.45) is 10.9 Å². The molecule has 29 heavy (non-hydrogen) atoms. The Morgan fingerprint density at radius 1 is 1.07 bits per heavy atom. The van der Waals surface area contributed by atoms with Gasteiger partial charge < -0.3 is 20.3 Å². The molecule has 0 saturated carbocycles. The lowest BCUT2D eigenvalue weighted by molar-refractivity contribution is 0.108. The molecule has 1 aromatic carbocycles. The van der Waals surface area contributed by atoms with Crippen LogP contribution in [0.1, 0.15) is 31.4 Å². The van der Waals surface area contributed by atoms with Gasteiger partial charge in [0, 0.05) is 66.1 Å². The smallest absolute Gasteiger partial charge is 0.191 e. The maximum atomic E-state index is 5.60. The van der Waals surface area contributed by atoms with Crippen molar-refractivity contribution in [3.05, 3.63) is 35.4 Å². The quantitative estimate of drug-likeness (QED) is 0.217. The SMILES string of the molecule is CN=C(NCCCOCC(C)C)NCc1ccc(CN2CCN(C)CC2)cc1.I. The highest BCUT2D eigenvalue weighted by Crippen LogP contribution is 2.09. The molecule has 0 unspecified atom stereocenters. The second-order valence-electron chi connectivity index (χ2n) is 8.07. The van der Waals surface area contributed by atoms with E-state index in [4.69, 9.17) is 4.74 Å². The van der Waals surface area contributed by atoms with E-state index >= 15 is 0 Å². The molecular weight excluding hydrogens is 477 g/mol. The molecule has 2 N–H and O–H groups in total. The third-order valence-corrected chi connectivity index (χ3v) is 4.92. The van der Waals surface area contributed by atoms with Crippen molar-refractivity contribution in [1.29, 1.82) is 0 Å². The van der Waals surface area contributed by atoms with Gasteiger partial charge in [-0.3, -0.25) is 9.89 Å². The molecule has 1 aromatic rings. The van der Waals surface area contributed by atoms with Gasteiger partial charge in [-0.1, -0.05) is 38.1 Å². The van der Waals surface area contributed by atoms with E-state index < -0.39 is 0 Å². The molecule has 0 amide bonds. The summed E-state index contributed by atoms with van der Waals surface area (Å²) in [6.07, 6.45) is 0.981. The highest BCUT2D eigenvalue weighted by molar-refractivity contribution is 14.0. The normalized spacial score (nSPS) is 16.0. The number of benzene rings is 1. The van der Waals surface area contributed by atoms with Gasteiger partial charge in [-0.2, -0.15) is 0 Å². The van der Waals surface area contributed by atoms with Gasteiger partial charge in [-0.15, -0.1) is 24.0 Å². The first-order valence-electron chi connectivity index (χ1n) is 10.6. The Kier molecular flexibility index (Phi) is 13.5. The summed E-state index contributed by atoms with van der Waals surface area (Å²) in [5.41, 5.74) is 2.66. The summed E-state index contributed by atoms with van der Waals surface area (Å²) in [5.74, 6) is 1.43. The first-order valence-corrected chi connectivity index (χ1v) is 10.6. The van der Waals surface area contributed by atoms with Crippen molar-refractivity contribution in [2.45, 2.75) is 33.4 Å². The minimum Gasteiger partial charge on any atom is -0.381 e. The average molecular weight is 518 g/mol. The van der Waals surface area contributed by atoms with Crippen LogP contribution in [0, 0.1) is 5.92 Å². The highest BCUT2D eigenvalue weighted by atomic mass is 127. The second-order valence-corrected chi connectivity index (χ2v) is 8.07. The van der Waals surface area contributed by atoms with E-state index in [9.17, 15) is 0 Å². The van der Waals surface area contributed by atoms with Gasteiger partial charge in [0.05, 0.1) is 0 Å². The van der Waals surface area contributed by atoms with E-state index in [0.29, 0.717) is 5.92 Å². The van der Waals surface area contributed by atoms with Gasteiger partial charge in [0.2, 0.25) is 0 Å². The predicted molar refractivity (Wildman–Crippen MR) is 133 cm³/mol. The molecule has 1 fully saturated rings. The molecule has 6 nitrogen and oxygen atoms in total. The molecule has 1 aliphatic rings. The molecule has 0 aromatic heterocycles. The highest BCUT2D eigenvalue weighted by Gasteiger charge is 2.13. The number of guanidine groups is 1. The number of piperazine rings is 1. The summed E-state index contributed by atoms with van der Waals surface area (Å²) in [5, 5.41) is 6.73. The second kappa shape index (κ2) is 15.0. The molecule has 1 aliphatic heterocycles. The van der Waals surface area contributed by atoms with Gasteiger partial charge in [-0.25, -0.2) is 0 Å². The molecule has 0 radical (unpaired) electrons. The van der Waals surface area contributed by atoms with Crippen molar-refractivity contribution in [3.63, 3.8) is 0 Å². The van der Waals surface area contributed by atoms with Crippen LogP contribution in [-0.2, 0) is 17.8 Å². The molecule has 0 spiro atoms. The number of aliphatic imine (C=N–C) groups is 1. The summed E-state index contributed by atoms with van der Waals surface area (Å²) in [6.45, 7) is 13.3. The van der Waals surface area contributed by atoms with Crippen LogP contribution in [0.15, 0.2) is 29.3 Å². The van der Waals surface area contributed by atoms with Crippen LogP contribution in [0.5, 0.6) is 0 Å². The maximum absolute atomic E-state index is 5.60. The number of likely N-dealkylation sites (N-methyl/N-ethyl adjacent to an activating group) is 1. The third-order valence-electron chi connectivity index (χ3n) is 4.92. The van der Waals surface area contributed by atoms with E-state index in [2.05, 4.69) is 70.6 Å². The zero-order valence-electron chi connectivity index (χ0n) is 18.6. The average Bonchev–Trinajstić information content (AvgIpc) is 2.69. The zero-order chi connectivity index (χ0) is 20.2. The Morgan fingerprint density at radius 2 is 1.72 bits per heavy atom. The Balaban J connectivity index is 0.00000420. The molecule has 7 heteroatoms. The Labute approximate surface area is 194 Å². The minimum absolute atomic E-state index is 0. The fourth-order valence-corrected chi connectivity index (χ4v) is 3.13. The van der Waals surface area contributed by atoms with Crippen molar-refractivity contribution in [2.75, 3.05) is 60.0 Å². The van der Waals surface area contributed by atoms with Gasteiger partial charge in [0.1, 0.15) is 0 Å². The summed E-state index contributed by atoms with van der Waals surface area (Å²) >= 11 is 0. The Morgan fingerprint density at radius 3 is 2.34 bits per heavy atom. The van der Waals surface area contributed by atoms with E-state index in [-0.39, 0.29) is 24.0 Å². The van der Waals surface area contributed by atoms with Crippen LogP contribution < -0.4 is 10.6 Å². The number of hydrogen-bond acceptors (Lipinski definition) is 4. The maximum Gasteiger partial charge on any atom is 0.191 e. The number of nitrogens with one attached hydrogen (secondary N) is 2. The lowest BCUT2D eigenvalue weighted by Crippen LogP contribution is -2.43. The molecule has 0 atom stereocenters. The first kappa shape index (κ1) is 26.1. The summed E-state index contributed by atoms with van der Waals surface area (Å²) in [4.78, 5) is 9.22. The van der Waals surface area contributed by atoms with Crippen LogP contribution in [0.25, 0.3) is 0 Å². The molecule has 1 heterocycles. The van der Waals surface area contributed by atoms with Crippen molar-refractivity contribution < 1.29 is 4.74 Å². The molecule has 0 aliphatic carbocycles. The van der Waals surface area contributed by atoms with Crippen LogP contribution in [-0.4, -0.2) is 75.8 Å². The van der Waals surface area contributed by atoms with Gasteiger partial charge in [0.15, 0.2) is 5.96 Å². The van der Waals surface area contributed by atoms with Crippen LogP contribution in [0.2, 0.25) is 0 Å². The lowest BCUT2D eigenvalue weighted by atomic mass is 10.1. The Hall–Kier alpha value is -0.900. The van der Waals surface area contributed by atoms with E-state index in [1.165, 1.54) is 11.1 Å². The zero-order valence-corrected chi connectivity index (χ0v) is 20.9. The number of halogens is 1. The van der Waals surface area contributed by atoms with Gasteiger partial charge in [0.25, 0.3) is 0 Å². The summed E-state index contributed by atoms with van der Waals surface area (Å²) in [7, 11) is 4.01. The lowest BCUT2D eigenvalue weighted by Gasteiger charge is -2.32. The van der Waals surface area contributed by atoms with Gasteiger partial charge in [-0.05, 0) is 30.5 Å². The van der Waals surface area contributed by atoms with Crippen molar-refractivity contribution in [3.8, 4) is 0 Å². The molecule has 2 rings (SSSR count). The van der Waals surface area contributed by atoms with E-state index in [1.54, 1.807) is 0 Å². The van der Waals surface area contributed by atoms with Crippen LogP contribution in [0.3, 0.4) is 0 Å². The summed E-state index contributed by atoms with van der Waals surface area (Å²) < 4.78 is 5.60. The molecule has 166 valence electrons. The van der Waals surface area contributed by atoms with Crippen LogP contribution in [0.4, 0.5) is 0 Å². The number of rotatable bonds is 10. The molecule has 1 saturated heterocycles. The Bertz CT molecular complexity index is 571. The third kappa shape index (κ3) is 11.2. The first-order chi connectivity index (χ1) is 13.6. The van der Waals surface area contributed by atoms with Crippen LogP contribution >= 0.6 is 24.0 Å². The topological polar surface area (TPSA) is 52.1 Å². The van der Waals surface area contributed by atoms with Crippen molar-refractivity contribution >= 4 is 29.9 Å². The monoisotopic (exact) mass is 517 g/mol. The van der Waals surface area contributed by atoms with E-state index in [1.807, 2.05) is 7.05 Å². The molecular formula is C22H40IN5O.